The van der Waals surface area contributed by atoms with Gasteiger partial charge in [-0.15, -0.1) is 0 Å². The van der Waals surface area contributed by atoms with Gasteiger partial charge in [-0.1, -0.05) is 0 Å². The van der Waals surface area contributed by atoms with Crippen LogP contribution in [0.3, 0.4) is 0 Å². The molecule has 0 aromatic heterocycles. The number of hydrogen-bond donors (Lipinski definition) is 0. The maximum Gasteiger partial charge on any atom is 0.346 e. The summed E-state index contributed by atoms with van der Waals surface area (Å²) < 4.78 is 46.8. The van der Waals surface area contributed by atoms with Crippen LogP contribution in [0.25, 0.3) is 0 Å². The molecule has 0 N–H and O–H groups in total. The van der Waals surface area contributed by atoms with Gasteiger partial charge in [0, 0.05) is 0 Å². The molecule has 1 saturated carbocycles. The van der Waals surface area contributed by atoms with Crippen LogP contribution in [-0.2, 0) is 23.4 Å². The summed E-state index contributed by atoms with van der Waals surface area (Å²) in [5, 5.41) is 0. The highest BCUT2D eigenvalue weighted by molar-refractivity contribution is 7.97. The molecule has 1 fully saturated rings. The maximum atomic E-state index is 12.4. The molecule has 0 atom stereocenters. The molecule has 108 valence electrons. The minimum absolute atomic E-state index is 0.0971. The van der Waals surface area contributed by atoms with Crippen LogP contribution >= 0.6 is 7.60 Å². The summed E-state index contributed by atoms with van der Waals surface area (Å²) in [6.45, 7) is 6.85. The van der Waals surface area contributed by atoms with E-state index in [-0.39, 0.29) is 23.9 Å². The van der Waals surface area contributed by atoms with Gasteiger partial charge in [-0.25, -0.2) is 8.42 Å². The zero-order valence-corrected chi connectivity index (χ0v) is 13.2. The van der Waals surface area contributed by atoms with Crippen molar-refractivity contribution in [3.05, 3.63) is 0 Å². The van der Waals surface area contributed by atoms with Crippen LogP contribution < -0.4 is 0 Å². The molecule has 5 nitrogen and oxygen atoms in total. The van der Waals surface area contributed by atoms with E-state index in [2.05, 4.69) is 0 Å². The average Bonchev–Trinajstić information content (AvgIpc) is 2.80. The van der Waals surface area contributed by atoms with Gasteiger partial charge in [0.05, 0.1) is 18.0 Å². The first-order chi connectivity index (χ1) is 8.12. The molecular formula is C11H23O5PS. The van der Waals surface area contributed by atoms with Crippen molar-refractivity contribution < 1.29 is 22.0 Å². The van der Waals surface area contributed by atoms with Gasteiger partial charge >= 0.3 is 7.60 Å². The van der Waals surface area contributed by atoms with Crippen LogP contribution in [0, 0.1) is 5.92 Å². The molecule has 7 heteroatoms. The second kappa shape index (κ2) is 6.04. The molecular weight excluding hydrogens is 275 g/mol. The molecule has 1 aliphatic carbocycles. The van der Waals surface area contributed by atoms with E-state index in [0.717, 1.165) is 12.8 Å². The van der Waals surface area contributed by atoms with Crippen molar-refractivity contribution in [2.24, 2.45) is 5.92 Å². The maximum absolute atomic E-state index is 12.4. The second-order valence-corrected chi connectivity index (χ2v) is 9.90. The van der Waals surface area contributed by atoms with E-state index in [0.29, 0.717) is 0 Å². The molecule has 0 radical (unpaired) electrons. The fourth-order valence-corrected chi connectivity index (χ4v) is 6.89. The Balaban J connectivity index is 2.73. The largest absolute Gasteiger partial charge is 0.346 e. The van der Waals surface area contributed by atoms with E-state index in [4.69, 9.17) is 9.05 Å². The van der Waals surface area contributed by atoms with Crippen molar-refractivity contribution in [1.29, 1.82) is 0 Å². The van der Waals surface area contributed by atoms with Gasteiger partial charge in [-0.2, -0.15) is 0 Å². The van der Waals surface area contributed by atoms with E-state index in [1.54, 1.807) is 27.7 Å². The Hall–Kier alpha value is 0.100. The van der Waals surface area contributed by atoms with Gasteiger partial charge in [0.15, 0.2) is 15.3 Å². The lowest BCUT2D eigenvalue weighted by Gasteiger charge is -2.22. The normalized spacial score (nSPS) is 17.7. The summed E-state index contributed by atoms with van der Waals surface area (Å²) in [7, 11) is -6.95. The predicted molar refractivity (Wildman–Crippen MR) is 71.4 cm³/mol. The molecule has 0 aliphatic heterocycles. The third kappa shape index (κ3) is 6.32. The first kappa shape index (κ1) is 16.2. The van der Waals surface area contributed by atoms with E-state index < -0.39 is 22.9 Å². The van der Waals surface area contributed by atoms with Gasteiger partial charge in [-0.3, -0.25) is 4.57 Å². The molecule has 0 saturated heterocycles. The van der Waals surface area contributed by atoms with Crippen LogP contribution in [0.4, 0.5) is 0 Å². The first-order valence-electron chi connectivity index (χ1n) is 6.28. The van der Waals surface area contributed by atoms with Crippen LogP contribution in [0.15, 0.2) is 0 Å². The molecule has 0 heterocycles. The Labute approximate surface area is 110 Å². The summed E-state index contributed by atoms with van der Waals surface area (Å²) in [5.74, 6) is 0.335. The van der Waals surface area contributed by atoms with Gasteiger partial charge in [0.1, 0.15) is 0 Å². The number of hydrogen-bond acceptors (Lipinski definition) is 5. The van der Waals surface area contributed by atoms with Crippen LogP contribution in [0.5, 0.6) is 0 Å². The standard InChI is InChI=1S/C11H23O5PS/c1-9(2)15-17(12,16-10(3)4)8-18(13,14)7-11-5-6-11/h9-11H,5-8H2,1-4H3. The fourth-order valence-electron chi connectivity index (χ4n) is 1.67. The minimum atomic E-state index is -3.57. The monoisotopic (exact) mass is 298 g/mol. The highest BCUT2D eigenvalue weighted by Crippen LogP contribution is 2.52. The highest BCUT2D eigenvalue weighted by Gasteiger charge is 2.37. The van der Waals surface area contributed by atoms with Crippen molar-refractivity contribution >= 4 is 17.4 Å². The fraction of sp³-hybridized carbons (Fsp3) is 1.00. The summed E-state index contributed by atoms with van der Waals surface area (Å²) in [6.07, 6.45) is 1.23. The summed E-state index contributed by atoms with van der Waals surface area (Å²) in [5.41, 5.74) is -0.507. The number of rotatable bonds is 8. The van der Waals surface area contributed by atoms with E-state index in [1.807, 2.05) is 0 Å². The summed E-state index contributed by atoms with van der Waals surface area (Å²) in [4.78, 5) is 0. The molecule has 0 unspecified atom stereocenters. The Morgan fingerprint density at radius 2 is 1.56 bits per heavy atom. The smallest absolute Gasteiger partial charge is 0.305 e. The van der Waals surface area contributed by atoms with Gasteiger partial charge in [0.2, 0.25) is 0 Å². The molecule has 0 aromatic rings. The molecule has 1 aliphatic rings. The van der Waals surface area contributed by atoms with Crippen molar-refractivity contribution in [2.75, 3.05) is 11.2 Å². The van der Waals surface area contributed by atoms with Crippen LogP contribution in [0.1, 0.15) is 40.5 Å². The Morgan fingerprint density at radius 3 is 1.89 bits per heavy atom. The van der Waals surface area contributed by atoms with Crippen molar-refractivity contribution in [2.45, 2.75) is 52.7 Å². The summed E-state index contributed by atoms with van der Waals surface area (Å²) in [6, 6.07) is 0. The van der Waals surface area contributed by atoms with Crippen LogP contribution in [-0.4, -0.2) is 31.9 Å². The van der Waals surface area contributed by atoms with Gasteiger partial charge < -0.3 is 9.05 Å². The SMILES string of the molecule is CC(C)OP(=O)(CS(=O)(=O)CC1CC1)OC(C)C. The minimum Gasteiger partial charge on any atom is -0.305 e. The van der Waals surface area contributed by atoms with Gasteiger partial charge in [-0.05, 0) is 46.5 Å². The summed E-state index contributed by atoms with van der Waals surface area (Å²) >= 11 is 0. The van der Waals surface area contributed by atoms with E-state index >= 15 is 0 Å². The molecule has 18 heavy (non-hydrogen) atoms. The molecule has 0 spiro atoms. The Bertz CT molecular complexity index is 397. The topological polar surface area (TPSA) is 69.7 Å². The molecule has 0 bridgehead atoms. The molecule has 0 amide bonds. The van der Waals surface area contributed by atoms with E-state index in [9.17, 15) is 13.0 Å². The number of sulfone groups is 1. The van der Waals surface area contributed by atoms with Crippen molar-refractivity contribution in [1.82, 2.24) is 0 Å². The molecule has 1 rings (SSSR count). The Kier molecular flexibility index (Phi) is 5.42. The Morgan fingerprint density at radius 1 is 1.11 bits per heavy atom. The second-order valence-electron chi connectivity index (χ2n) is 5.40. The van der Waals surface area contributed by atoms with Gasteiger partial charge in [0.25, 0.3) is 0 Å². The first-order valence-corrected chi connectivity index (χ1v) is 9.83. The lowest BCUT2D eigenvalue weighted by Crippen LogP contribution is -2.18. The predicted octanol–water partition coefficient (Wildman–Crippen LogP) is 2.81. The van der Waals surface area contributed by atoms with Crippen molar-refractivity contribution in [3.63, 3.8) is 0 Å². The third-order valence-electron chi connectivity index (χ3n) is 2.28. The quantitative estimate of drug-likeness (QED) is 0.644. The zero-order chi connectivity index (χ0) is 14.0. The molecule has 0 aromatic carbocycles. The average molecular weight is 298 g/mol. The van der Waals surface area contributed by atoms with Crippen molar-refractivity contribution in [3.8, 4) is 0 Å². The highest BCUT2D eigenvalue weighted by atomic mass is 32.2. The lowest BCUT2D eigenvalue weighted by molar-refractivity contribution is 0.145. The van der Waals surface area contributed by atoms with Crippen LogP contribution in [0.2, 0.25) is 0 Å². The lowest BCUT2D eigenvalue weighted by atomic mass is 10.5. The van der Waals surface area contributed by atoms with E-state index in [1.165, 1.54) is 0 Å². The third-order valence-corrected chi connectivity index (χ3v) is 7.59. The zero-order valence-electron chi connectivity index (χ0n) is 11.5.